The van der Waals surface area contributed by atoms with Crippen LogP contribution in [0.2, 0.25) is 0 Å². The van der Waals surface area contributed by atoms with Crippen LogP contribution in [0.5, 0.6) is 0 Å². The monoisotopic (exact) mass is 215 g/mol. The Morgan fingerprint density at radius 2 is 1.93 bits per heavy atom. The zero-order valence-electron chi connectivity index (χ0n) is 10.3. The third-order valence-corrected chi connectivity index (χ3v) is 1.95. The molecular weight excluding hydrogens is 186 g/mol. The SMILES string of the molecule is C.CCNC(=NCCCN(C)C)C(C)C. The number of aliphatic imine (C=N–C) groups is 1. The van der Waals surface area contributed by atoms with E-state index in [0.717, 1.165) is 31.9 Å². The molecule has 0 aliphatic rings. The fourth-order valence-electron chi connectivity index (χ4n) is 1.21. The summed E-state index contributed by atoms with van der Waals surface area (Å²) >= 11 is 0. The van der Waals surface area contributed by atoms with Crippen molar-refractivity contribution in [2.45, 2.75) is 34.6 Å². The fraction of sp³-hybridized carbons (Fsp3) is 0.917. The minimum atomic E-state index is 0. The van der Waals surface area contributed by atoms with Crippen LogP contribution in [-0.2, 0) is 0 Å². The highest BCUT2D eigenvalue weighted by molar-refractivity contribution is 5.83. The van der Waals surface area contributed by atoms with Gasteiger partial charge in [0.25, 0.3) is 0 Å². The lowest BCUT2D eigenvalue weighted by Gasteiger charge is -2.12. The molecule has 0 heterocycles. The number of rotatable bonds is 6. The van der Waals surface area contributed by atoms with E-state index in [2.05, 4.69) is 50.1 Å². The molecule has 3 heteroatoms. The lowest BCUT2D eigenvalue weighted by atomic mass is 10.2. The number of nitrogens with one attached hydrogen (secondary N) is 1. The van der Waals surface area contributed by atoms with Gasteiger partial charge in [0.1, 0.15) is 0 Å². The van der Waals surface area contributed by atoms with E-state index in [4.69, 9.17) is 0 Å². The first-order chi connectivity index (χ1) is 6.57. The van der Waals surface area contributed by atoms with E-state index < -0.39 is 0 Å². The molecule has 0 aromatic carbocycles. The van der Waals surface area contributed by atoms with Crippen LogP contribution in [0.3, 0.4) is 0 Å². The Labute approximate surface area is 96.0 Å². The second-order valence-corrected chi connectivity index (χ2v) is 4.11. The molecule has 0 aliphatic heterocycles. The molecular formula is C12H29N3. The normalized spacial score (nSPS) is 11.8. The van der Waals surface area contributed by atoms with Crippen LogP contribution in [0.15, 0.2) is 4.99 Å². The van der Waals surface area contributed by atoms with Crippen LogP contribution in [0.4, 0.5) is 0 Å². The maximum absolute atomic E-state index is 4.56. The van der Waals surface area contributed by atoms with E-state index in [1.54, 1.807) is 0 Å². The van der Waals surface area contributed by atoms with E-state index in [9.17, 15) is 0 Å². The molecule has 0 aliphatic carbocycles. The highest BCUT2D eigenvalue weighted by Crippen LogP contribution is 1.95. The number of nitrogens with zero attached hydrogens (tertiary/aromatic N) is 2. The summed E-state index contributed by atoms with van der Waals surface area (Å²) in [4.78, 5) is 6.76. The number of hydrogen-bond acceptors (Lipinski definition) is 2. The molecule has 0 unspecified atom stereocenters. The third-order valence-electron chi connectivity index (χ3n) is 1.95. The Morgan fingerprint density at radius 1 is 1.33 bits per heavy atom. The van der Waals surface area contributed by atoms with Crippen LogP contribution in [-0.4, -0.2) is 44.5 Å². The van der Waals surface area contributed by atoms with Crippen LogP contribution in [0.25, 0.3) is 0 Å². The van der Waals surface area contributed by atoms with Gasteiger partial charge in [-0.15, -0.1) is 0 Å². The smallest absolute Gasteiger partial charge is 0.0988 e. The summed E-state index contributed by atoms with van der Waals surface area (Å²) in [5, 5.41) is 3.31. The largest absolute Gasteiger partial charge is 0.374 e. The lowest BCUT2D eigenvalue weighted by molar-refractivity contribution is 0.403. The van der Waals surface area contributed by atoms with Gasteiger partial charge in [-0.3, -0.25) is 4.99 Å². The van der Waals surface area contributed by atoms with Gasteiger partial charge in [0, 0.05) is 19.0 Å². The van der Waals surface area contributed by atoms with Gasteiger partial charge in [0.15, 0.2) is 0 Å². The van der Waals surface area contributed by atoms with Gasteiger partial charge in [-0.25, -0.2) is 0 Å². The van der Waals surface area contributed by atoms with Crippen LogP contribution >= 0.6 is 0 Å². The van der Waals surface area contributed by atoms with E-state index in [0.29, 0.717) is 5.92 Å². The third kappa shape index (κ3) is 9.73. The zero-order valence-corrected chi connectivity index (χ0v) is 10.3. The Kier molecular flexibility index (Phi) is 11.2. The first-order valence-electron chi connectivity index (χ1n) is 5.50. The molecule has 92 valence electrons. The molecule has 1 N–H and O–H groups in total. The summed E-state index contributed by atoms with van der Waals surface area (Å²) in [6, 6.07) is 0. The van der Waals surface area contributed by atoms with Crippen LogP contribution in [0, 0.1) is 5.92 Å². The summed E-state index contributed by atoms with van der Waals surface area (Å²) < 4.78 is 0. The van der Waals surface area contributed by atoms with Gasteiger partial charge in [0.05, 0.1) is 5.84 Å². The lowest BCUT2D eigenvalue weighted by Crippen LogP contribution is -2.28. The van der Waals surface area contributed by atoms with Crippen molar-refractivity contribution in [2.24, 2.45) is 10.9 Å². The van der Waals surface area contributed by atoms with Crippen LogP contribution < -0.4 is 5.32 Å². The Morgan fingerprint density at radius 3 is 2.33 bits per heavy atom. The average molecular weight is 215 g/mol. The molecule has 15 heavy (non-hydrogen) atoms. The van der Waals surface area contributed by atoms with Crippen molar-refractivity contribution in [2.75, 3.05) is 33.7 Å². The van der Waals surface area contributed by atoms with Gasteiger partial charge in [-0.05, 0) is 34.0 Å². The molecule has 0 atom stereocenters. The van der Waals surface area contributed by atoms with Crippen molar-refractivity contribution >= 4 is 5.84 Å². The predicted molar refractivity (Wildman–Crippen MR) is 70.7 cm³/mol. The van der Waals surface area contributed by atoms with Crippen molar-refractivity contribution in [1.82, 2.24) is 10.2 Å². The molecule has 0 bridgehead atoms. The fourth-order valence-corrected chi connectivity index (χ4v) is 1.21. The molecule has 3 nitrogen and oxygen atoms in total. The van der Waals surface area contributed by atoms with Crippen molar-refractivity contribution in [1.29, 1.82) is 0 Å². The second-order valence-electron chi connectivity index (χ2n) is 4.11. The molecule has 0 rings (SSSR count). The van der Waals surface area contributed by atoms with Gasteiger partial charge in [-0.2, -0.15) is 0 Å². The Bertz CT molecular complexity index is 162. The zero-order chi connectivity index (χ0) is 11.0. The summed E-state index contributed by atoms with van der Waals surface area (Å²) in [5.74, 6) is 1.65. The summed E-state index contributed by atoms with van der Waals surface area (Å²) in [7, 11) is 4.19. The van der Waals surface area contributed by atoms with Gasteiger partial charge >= 0.3 is 0 Å². The maximum Gasteiger partial charge on any atom is 0.0988 e. The molecule has 0 fully saturated rings. The van der Waals surface area contributed by atoms with Gasteiger partial charge < -0.3 is 10.2 Å². The van der Waals surface area contributed by atoms with E-state index >= 15 is 0 Å². The highest BCUT2D eigenvalue weighted by atomic mass is 15.1. The van der Waals surface area contributed by atoms with Gasteiger partial charge in [0.2, 0.25) is 0 Å². The minimum absolute atomic E-state index is 0. The number of amidine groups is 1. The van der Waals surface area contributed by atoms with E-state index in [1.165, 1.54) is 0 Å². The van der Waals surface area contributed by atoms with Crippen molar-refractivity contribution in [3.05, 3.63) is 0 Å². The molecule has 0 saturated carbocycles. The average Bonchev–Trinajstić information content (AvgIpc) is 2.09. The first kappa shape index (κ1) is 16.8. The summed E-state index contributed by atoms with van der Waals surface area (Å²) in [5.41, 5.74) is 0. The van der Waals surface area contributed by atoms with Crippen LogP contribution in [0.1, 0.15) is 34.6 Å². The summed E-state index contributed by atoms with van der Waals surface area (Å²) in [6.45, 7) is 9.46. The van der Waals surface area contributed by atoms with Gasteiger partial charge in [-0.1, -0.05) is 21.3 Å². The molecule has 0 aromatic heterocycles. The maximum atomic E-state index is 4.56. The Hall–Kier alpha value is -0.570. The molecule has 0 amide bonds. The van der Waals surface area contributed by atoms with Crippen molar-refractivity contribution in [3.63, 3.8) is 0 Å². The highest BCUT2D eigenvalue weighted by Gasteiger charge is 2.01. The number of hydrogen-bond donors (Lipinski definition) is 1. The van der Waals surface area contributed by atoms with E-state index in [-0.39, 0.29) is 7.43 Å². The Balaban J connectivity index is 0. The summed E-state index contributed by atoms with van der Waals surface area (Å²) in [6.07, 6.45) is 1.13. The second kappa shape index (κ2) is 9.97. The molecule has 0 saturated heterocycles. The molecule has 0 radical (unpaired) electrons. The molecule has 0 spiro atoms. The molecule has 0 aromatic rings. The standard InChI is InChI=1S/C11H25N3.CH4/c1-6-12-11(10(2)3)13-8-7-9-14(4)5;/h10H,6-9H2,1-5H3,(H,12,13);1H4. The quantitative estimate of drug-likeness (QED) is 0.418. The first-order valence-corrected chi connectivity index (χ1v) is 5.50. The topological polar surface area (TPSA) is 27.6 Å². The predicted octanol–water partition coefficient (Wildman–Crippen LogP) is 2.24. The minimum Gasteiger partial charge on any atom is -0.374 e. The van der Waals surface area contributed by atoms with Crippen molar-refractivity contribution < 1.29 is 0 Å². The van der Waals surface area contributed by atoms with E-state index in [1.807, 2.05) is 0 Å². The van der Waals surface area contributed by atoms with Crippen molar-refractivity contribution in [3.8, 4) is 0 Å².